The summed E-state index contributed by atoms with van der Waals surface area (Å²) in [5, 5.41) is 16.2. The Balaban J connectivity index is 1.48. The molecule has 1 aromatic carbocycles. The van der Waals surface area contributed by atoms with E-state index in [0.29, 0.717) is 44.4 Å². The topological polar surface area (TPSA) is 135 Å². The number of carbonyl (C=O) groups excluding carboxylic acids is 4. The van der Waals surface area contributed by atoms with Crippen LogP contribution in [0.4, 0.5) is 10.5 Å². The molecule has 4 rings (SSSR count). The van der Waals surface area contributed by atoms with Gasteiger partial charge in [-0.2, -0.15) is 0 Å². The molecule has 1 atom stereocenters. The number of fused-ring (bicyclic) bond motifs is 1. The fourth-order valence-corrected chi connectivity index (χ4v) is 4.30. The Kier molecular flexibility index (Phi) is 6.20. The number of nitrogens with one attached hydrogen (secondary N) is 3. The average molecular weight is 486 g/mol. The molecule has 0 saturated carbocycles. The lowest BCUT2D eigenvalue weighted by Gasteiger charge is -2.18. The van der Waals surface area contributed by atoms with Gasteiger partial charge in [0, 0.05) is 41.3 Å². The number of hydrogen-bond donors (Lipinski definition) is 4. The molecule has 2 aromatic rings. The first-order valence-electron chi connectivity index (χ1n) is 10.6. The first-order valence-corrected chi connectivity index (χ1v) is 11.0. The zero-order chi connectivity index (χ0) is 24.7. The minimum atomic E-state index is -1.12. The van der Waals surface area contributed by atoms with E-state index < -0.39 is 23.9 Å². The van der Waals surface area contributed by atoms with E-state index in [2.05, 4.69) is 15.6 Å². The summed E-state index contributed by atoms with van der Waals surface area (Å²) in [7, 11) is 1.50. The van der Waals surface area contributed by atoms with Gasteiger partial charge >= 0.3 is 6.03 Å². The van der Waals surface area contributed by atoms with E-state index in [-0.39, 0.29) is 25.5 Å². The Morgan fingerprint density at radius 2 is 2.03 bits per heavy atom. The van der Waals surface area contributed by atoms with Crippen molar-refractivity contribution in [3.8, 4) is 0 Å². The molecule has 2 aliphatic rings. The predicted molar refractivity (Wildman–Crippen MR) is 126 cm³/mol. The fraction of sp³-hybridized carbons (Fsp3) is 0.304. The van der Waals surface area contributed by atoms with E-state index in [1.807, 2.05) is 0 Å². The highest BCUT2D eigenvalue weighted by Crippen LogP contribution is 2.35. The highest BCUT2D eigenvalue weighted by molar-refractivity contribution is 6.36. The van der Waals surface area contributed by atoms with Crippen LogP contribution in [0.5, 0.6) is 0 Å². The fourth-order valence-electron chi connectivity index (χ4n) is 4.13. The summed E-state index contributed by atoms with van der Waals surface area (Å²) >= 11 is 6.09. The molecule has 4 N–H and O–H groups in total. The van der Waals surface area contributed by atoms with Gasteiger partial charge in [-0.15, -0.1) is 0 Å². The van der Waals surface area contributed by atoms with Gasteiger partial charge in [-0.05, 0) is 43.7 Å². The molecule has 178 valence electrons. The zero-order valence-electron chi connectivity index (χ0n) is 18.9. The average Bonchev–Trinajstić information content (AvgIpc) is 3.32. The van der Waals surface area contributed by atoms with Gasteiger partial charge in [-0.3, -0.25) is 19.3 Å². The summed E-state index contributed by atoms with van der Waals surface area (Å²) < 4.78 is 0. The van der Waals surface area contributed by atoms with Crippen molar-refractivity contribution in [2.45, 2.75) is 20.0 Å². The van der Waals surface area contributed by atoms with Crippen LogP contribution in [0, 0.1) is 13.8 Å². The third kappa shape index (κ3) is 4.29. The van der Waals surface area contributed by atoms with Crippen molar-refractivity contribution in [2.75, 3.05) is 32.0 Å². The third-order valence-electron chi connectivity index (χ3n) is 5.88. The number of urea groups is 1. The van der Waals surface area contributed by atoms with Crippen LogP contribution < -0.4 is 10.6 Å². The summed E-state index contributed by atoms with van der Waals surface area (Å²) in [5.74, 6) is -1.09. The molecule has 0 spiro atoms. The van der Waals surface area contributed by atoms with Gasteiger partial charge in [0.2, 0.25) is 5.91 Å². The Hall–Kier alpha value is -3.63. The Bertz CT molecular complexity index is 1250. The smallest absolute Gasteiger partial charge is 0.327 e. The number of carbonyl (C=O) groups is 4. The van der Waals surface area contributed by atoms with E-state index >= 15 is 0 Å². The monoisotopic (exact) mass is 485 g/mol. The molecule has 0 bridgehead atoms. The van der Waals surface area contributed by atoms with Gasteiger partial charge in [0.05, 0.1) is 23.8 Å². The van der Waals surface area contributed by atoms with Crippen molar-refractivity contribution < 1.29 is 24.3 Å². The lowest BCUT2D eigenvalue weighted by molar-refractivity contribution is -0.126. The van der Waals surface area contributed by atoms with Gasteiger partial charge in [-0.1, -0.05) is 11.6 Å². The molecule has 34 heavy (non-hydrogen) atoms. The minimum absolute atomic E-state index is 0.0351. The number of nitrogens with zero attached hydrogens (tertiary/aromatic N) is 2. The summed E-state index contributed by atoms with van der Waals surface area (Å²) in [6.07, 6.45) is 0.556. The normalized spacial score (nSPS) is 17.4. The number of hydrogen-bond acceptors (Lipinski definition) is 5. The molecule has 1 fully saturated rings. The zero-order valence-corrected chi connectivity index (χ0v) is 19.6. The summed E-state index contributed by atoms with van der Waals surface area (Å²) in [6, 6.07) is 4.64. The number of halogens is 1. The molecule has 2 aliphatic heterocycles. The lowest BCUT2D eigenvalue weighted by Crippen LogP contribution is -2.43. The second-order valence-electron chi connectivity index (χ2n) is 8.37. The number of aromatic amines is 1. The third-order valence-corrected chi connectivity index (χ3v) is 6.11. The standard InChI is InChI=1S/C23H24ClN5O5/c1-11-18(7-16-15-6-13(24)4-5-17(15)27-21(16)32)26-12(2)20(11)22(33)25-8-14(30)9-29-19(31)10-28(3)23(29)34/h4-7,14,26,30H,8-10H2,1-3H3,(H,25,33)(H,27,32)/t14-/m0/s1. The van der Waals surface area contributed by atoms with Crippen LogP contribution in [0.25, 0.3) is 11.6 Å². The number of aryl methyl sites for hydroxylation is 1. The number of imide groups is 1. The number of anilines is 1. The van der Waals surface area contributed by atoms with E-state index in [0.717, 1.165) is 4.90 Å². The van der Waals surface area contributed by atoms with Gasteiger partial charge in [0.25, 0.3) is 11.8 Å². The summed E-state index contributed by atoms with van der Waals surface area (Å²) in [4.78, 5) is 54.5. The number of aromatic nitrogens is 1. The molecule has 0 aliphatic carbocycles. The van der Waals surface area contributed by atoms with Gasteiger partial charge in [0.1, 0.15) is 6.54 Å². The van der Waals surface area contributed by atoms with Crippen molar-refractivity contribution >= 4 is 52.7 Å². The van der Waals surface area contributed by atoms with Gasteiger partial charge < -0.3 is 25.6 Å². The molecule has 0 unspecified atom stereocenters. The van der Waals surface area contributed by atoms with Crippen LogP contribution in [-0.2, 0) is 9.59 Å². The molecule has 1 saturated heterocycles. The van der Waals surface area contributed by atoms with E-state index in [4.69, 9.17) is 11.6 Å². The number of likely N-dealkylation sites (N-methyl/N-ethyl adjacent to an activating group) is 1. The van der Waals surface area contributed by atoms with Crippen molar-refractivity contribution in [1.29, 1.82) is 0 Å². The number of β-amino-alcohol motifs (C(OH)–C–C–N with tert-alkyl or cyclic N) is 1. The van der Waals surface area contributed by atoms with E-state index in [1.54, 1.807) is 38.1 Å². The maximum Gasteiger partial charge on any atom is 0.327 e. The van der Waals surface area contributed by atoms with Gasteiger partial charge in [-0.25, -0.2) is 4.79 Å². The first kappa shape index (κ1) is 23.5. The molecule has 3 heterocycles. The number of aliphatic hydroxyl groups is 1. The Labute approximate surface area is 200 Å². The molecular formula is C23H24ClN5O5. The SMILES string of the molecule is Cc1[nH]c(C=C2C(=O)Nc3ccc(Cl)cc32)c(C)c1C(=O)NC[C@H](O)CN1C(=O)CN(C)C1=O. The van der Waals surface area contributed by atoms with Crippen LogP contribution in [0.1, 0.15) is 32.9 Å². The molecular weight excluding hydrogens is 462 g/mol. The molecule has 10 nitrogen and oxygen atoms in total. The van der Waals surface area contributed by atoms with Gasteiger partial charge in [0.15, 0.2) is 0 Å². The van der Waals surface area contributed by atoms with Crippen molar-refractivity contribution in [2.24, 2.45) is 0 Å². The van der Waals surface area contributed by atoms with Crippen LogP contribution >= 0.6 is 11.6 Å². The van der Waals surface area contributed by atoms with Crippen LogP contribution in [0.2, 0.25) is 5.02 Å². The van der Waals surface area contributed by atoms with Crippen molar-refractivity contribution in [3.05, 3.63) is 51.3 Å². The van der Waals surface area contributed by atoms with Crippen LogP contribution in [0.3, 0.4) is 0 Å². The maximum atomic E-state index is 12.9. The molecule has 1 aromatic heterocycles. The van der Waals surface area contributed by atoms with E-state index in [1.165, 1.54) is 11.9 Å². The highest BCUT2D eigenvalue weighted by Gasteiger charge is 2.34. The molecule has 0 radical (unpaired) electrons. The number of H-pyrrole nitrogens is 1. The van der Waals surface area contributed by atoms with Crippen molar-refractivity contribution in [3.63, 3.8) is 0 Å². The maximum absolute atomic E-state index is 12.9. The van der Waals surface area contributed by atoms with Crippen molar-refractivity contribution in [1.82, 2.24) is 20.1 Å². The first-order chi connectivity index (χ1) is 16.1. The number of benzene rings is 1. The summed E-state index contributed by atoms with van der Waals surface area (Å²) in [6.45, 7) is 3.10. The summed E-state index contributed by atoms with van der Waals surface area (Å²) in [5.41, 5.74) is 3.97. The second-order valence-corrected chi connectivity index (χ2v) is 8.81. The lowest BCUT2D eigenvalue weighted by atomic mass is 10.0. The Morgan fingerprint density at radius 1 is 1.29 bits per heavy atom. The molecule has 11 heteroatoms. The highest BCUT2D eigenvalue weighted by atomic mass is 35.5. The second kappa shape index (κ2) is 8.96. The van der Waals surface area contributed by atoms with Crippen LogP contribution in [0.15, 0.2) is 18.2 Å². The number of aliphatic hydroxyl groups excluding tert-OH is 1. The number of rotatable bonds is 6. The van der Waals surface area contributed by atoms with E-state index in [9.17, 15) is 24.3 Å². The Morgan fingerprint density at radius 3 is 2.71 bits per heavy atom. The number of amides is 5. The molecule has 5 amide bonds. The van der Waals surface area contributed by atoms with Crippen LogP contribution in [-0.4, -0.2) is 76.4 Å². The minimum Gasteiger partial charge on any atom is -0.389 e. The predicted octanol–water partition coefficient (Wildman–Crippen LogP) is 1.76. The quantitative estimate of drug-likeness (QED) is 0.365. The largest absolute Gasteiger partial charge is 0.389 e.